The molecule has 1 aromatic carbocycles. The van der Waals surface area contributed by atoms with Crippen LogP contribution >= 0.6 is 24.2 Å². The van der Waals surface area contributed by atoms with Gasteiger partial charge >= 0.3 is 5.97 Å². The SMILES string of the molecule is COC(=O)c1nc(-c2ccc(OCS)cc2)cc(N)c1Cl. The van der Waals surface area contributed by atoms with E-state index in [1.807, 2.05) is 0 Å². The summed E-state index contributed by atoms with van der Waals surface area (Å²) in [6.45, 7) is 0. The molecule has 0 unspecified atom stereocenters. The maximum Gasteiger partial charge on any atom is 0.358 e. The molecule has 7 heteroatoms. The van der Waals surface area contributed by atoms with Gasteiger partial charge in [-0.1, -0.05) is 11.6 Å². The summed E-state index contributed by atoms with van der Waals surface area (Å²) in [5.41, 5.74) is 7.36. The van der Waals surface area contributed by atoms with Crippen LogP contribution < -0.4 is 10.5 Å². The Kier molecular flexibility index (Phi) is 4.93. The molecule has 1 aromatic heterocycles. The summed E-state index contributed by atoms with van der Waals surface area (Å²) in [7, 11) is 1.26. The van der Waals surface area contributed by atoms with Gasteiger partial charge in [-0.05, 0) is 30.3 Å². The number of nitrogen functional groups attached to an aromatic ring is 1. The van der Waals surface area contributed by atoms with Gasteiger partial charge in [0.25, 0.3) is 0 Å². The van der Waals surface area contributed by atoms with Crippen molar-refractivity contribution in [2.45, 2.75) is 0 Å². The Morgan fingerprint density at radius 2 is 2.05 bits per heavy atom. The number of pyridine rings is 1. The minimum atomic E-state index is -0.636. The Balaban J connectivity index is 2.44. The van der Waals surface area contributed by atoms with Crippen molar-refractivity contribution in [3.63, 3.8) is 0 Å². The van der Waals surface area contributed by atoms with E-state index in [1.54, 1.807) is 30.3 Å². The molecule has 21 heavy (non-hydrogen) atoms. The summed E-state index contributed by atoms with van der Waals surface area (Å²) in [5, 5.41) is 0.0839. The van der Waals surface area contributed by atoms with E-state index in [-0.39, 0.29) is 22.3 Å². The smallest absolute Gasteiger partial charge is 0.358 e. The highest BCUT2D eigenvalue weighted by Gasteiger charge is 2.17. The van der Waals surface area contributed by atoms with Crippen molar-refractivity contribution in [1.29, 1.82) is 0 Å². The second kappa shape index (κ2) is 6.69. The van der Waals surface area contributed by atoms with Gasteiger partial charge in [0.1, 0.15) is 11.7 Å². The highest BCUT2D eigenvalue weighted by Crippen LogP contribution is 2.29. The first kappa shape index (κ1) is 15.5. The minimum absolute atomic E-state index is 0.00940. The largest absolute Gasteiger partial charge is 0.483 e. The number of halogens is 1. The number of hydrogen-bond donors (Lipinski definition) is 2. The average molecular weight is 325 g/mol. The van der Waals surface area contributed by atoms with E-state index in [2.05, 4.69) is 22.3 Å². The van der Waals surface area contributed by atoms with Gasteiger partial charge in [0, 0.05) is 5.56 Å². The maximum atomic E-state index is 11.7. The topological polar surface area (TPSA) is 74.4 Å². The van der Waals surface area contributed by atoms with Crippen molar-refractivity contribution in [2.75, 3.05) is 18.8 Å². The molecular formula is C14H13ClN2O3S. The zero-order valence-corrected chi connectivity index (χ0v) is 12.8. The molecule has 0 aliphatic heterocycles. The standard InChI is InChI=1S/C14H13ClN2O3S/c1-19-14(18)13-12(15)10(16)6-11(17-13)8-2-4-9(5-3-8)20-7-21/h2-6,21H,7H2,1H3,(H2,16,17). The van der Waals surface area contributed by atoms with Gasteiger partial charge in [-0.2, -0.15) is 0 Å². The molecule has 0 atom stereocenters. The Labute approximate surface area is 132 Å². The number of aromatic nitrogens is 1. The summed E-state index contributed by atoms with van der Waals surface area (Å²) in [5.74, 6) is 0.338. The summed E-state index contributed by atoms with van der Waals surface area (Å²) >= 11 is 9.96. The molecule has 5 nitrogen and oxygen atoms in total. The van der Waals surface area contributed by atoms with E-state index in [1.165, 1.54) is 7.11 Å². The zero-order valence-electron chi connectivity index (χ0n) is 11.2. The normalized spacial score (nSPS) is 10.2. The number of ether oxygens (including phenoxy) is 2. The third-order valence-corrected chi connectivity index (χ3v) is 3.27. The van der Waals surface area contributed by atoms with Crippen molar-refractivity contribution >= 4 is 35.9 Å². The lowest BCUT2D eigenvalue weighted by atomic mass is 10.1. The number of carbonyl (C=O) groups excluding carboxylic acids is 1. The van der Waals surface area contributed by atoms with Gasteiger partial charge in [0.05, 0.1) is 23.5 Å². The third-order valence-electron chi connectivity index (χ3n) is 2.75. The van der Waals surface area contributed by atoms with Crippen LogP contribution in [-0.2, 0) is 4.74 Å². The van der Waals surface area contributed by atoms with Crippen molar-refractivity contribution < 1.29 is 14.3 Å². The van der Waals surface area contributed by atoms with E-state index in [4.69, 9.17) is 22.1 Å². The highest BCUT2D eigenvalue weighted by atomic mass is 35.5. The van der Waals surface area contributed by atoms with Crippen molar-refractivity contribution in [1.82, 2.24) is 4.98 Å². The van der Waals surface area contributed by atoms with Crippen LogP contribution in [0.2, 0.25) is 5.02 Å². The zero-order chi connectivity index (χ0) is 15.4. The molecule has 1 heterocycles. The second-order valence-corrected chi connectivity index (χ2v) is 4.68. The Morgan fingerprint density at radius 1 is 1.38 bits per heavy atom. The molecule has 0 aliphatic rings. The fourth-order valence-corrected chi connectivity index (χ4v) is 2.05. The fourth-order valence-electron chi connectivity index (χ4n) is 1.73. The number of esters is 1. The molecule has 0 saturated carbocycles. The number of hydrogen-bond acceptors (Lipinski definition) is 6. The Hall–Kier alpha value is -1.92. The molecule has 0 radical (unpaired) electrons. The van der Waals surface area contributed by atoms with Crippen molar-refractivity contribution in [3.05, 3.63) is 41.0 Å². The number of anilines is 1. The molecule has 110 valence electrons. The minimum Gasteiger partial charge on any atom is -0.483 e. The third kappa shape index (κ3) is 3.40. The maximum absolute atomic E-state index is 11.7. The highest BCUT2D eigenvalue weighted by molar-refractivity contribution is 7.80. The summed E-state index contributed by atoms with van der Waals surface area (Å²) in [4.78, 5) is 15.9. The van der Waals surface area contributed by atoms with Gasteiger partial charge in [-0.25, -0.2) is 9.78 Å². The average Bonchev–Trinajstić information content (AvgIpc) is 2.50. The molecule has 2 rings (SSSR count). The molecule has 0 saturated heterocycles. The lowest BCUT2D eigenvalue weighted by molar-refractivity contribution is 0.0594. The lowest BCUT2D eigenvalue weighted by Gasteiger charge is -2.09. The summed E-state index contributed by atoms with van der Waals surface area (Å²) in [6.07, 6.45) is 0. The van der Waals surface area contributed by atoms with E-state index in [0.29, 0.717) is 11.4 Å². The molecule has 0 amide bonds. The van der Waals surface area contributed by atoms with E-state index < -0.39 is 5.97 Å². The van der Waals surface area contributed by atoms with Gasteiger partial charge < -0.3 is 15.2 Å². The molecule has 0 spiro atoms. The number of benzene rings is 1. The number of nitrogens with two attached hydrogens (primary N) is 1. The molecule has 0 bridgehead atoms. The summed E-state index contributed by atoms with van der Waals surface area (Å²) in [6, 6.07) is 8.75. The molecule has 0 aliphatic carbocycles. The van der Waals surface area contributed by atoms with Gasteiger partial charge in [0.2, 0.25) is 0 Å². The van der Waals surface area contributed by atoms with Gasteiger partial charge in [-0.3, -0.25) is 0 Å². The van der Waals surface area contributed by atoms with Crippen LogP contribution in [0.4, 0.5) is 5.69 Å². The number of carbonyl (C=O) groups is 1. The van der Waals surface area contributed by atoms with E-state index in [9.17, 15) is 4.79 Å². The molecule has 2 aromatic rings. The predicted molar refractivity (Wildman–Crippen MR) is 84.9 cm³/mol. The summed E-state index contributed by atoms with van der Waals surface area (Å²) < 4.78 is 9.89. The van der Waals surface area contributed by atoms with Crippen LogP contribution in [0.15, 0.2) is 30.3 Å². The monoisotopic (exact) mass is 324 g/mol. The van der Waals surface area contributed by atoms with Crippen LogP contribution in [0.25, 0.3) is 11.3 Å². The molecule has 0 fully saturated rings. The van der Waals surface area contributed by atoms with Crippen molar-refractivity contribution in [3.8, 4) is 17.0 Å². The van der Waals surface area contributed by atoms with Gasteiger partial charge in [0.15, 0.2) is 5.69 Å². The number of rotatable bonds is 4. The van der Waals surface area contributed by atoms with Crippen LogP contribution in [0.5, 0.6) is 5.75 Å². The van der Waals surface area contributed by atoms with Crippen LogP contribution in [0.3, 0.4) is 0 Å². The van der Waals surface area contributed by atoms with E-state index >= 15 is 0 Å². The fraction of sp³-hybridized carbons (Fsp3) is 0.143. The van der Waals surface area contributed by atoms with Gasteiger partial charge in [-0.15, -0.1) is 12.6 Å². The second-order valence-electron chi connectivity index (χ2n) is 4.05. The first-order chi connectivity index (χ1) is 10.1. The Morgan fingerprint density at radius 3 is 2.62 bits per heavy atom. The first-order valence-corrected chi connectivity index (χ1v) is 6.96. The number of methoxy groups -OCH3 is 1. The molecular weight excluding hydrogens is 312 g/mol. The van der Waals surface area contributed by atoms with Crippen molar-refractivity contribution in [2.24, 2.45) is 0 Å². The van der Waals surface area contributed by atoms with E-state index in [0.717, 1.165) is 5.56 Å². The first-order valence-electron chi connectivity index (χ1n) is 5.95. The van der Waals surface area contributed by atoms with Crippen LogP contribution in [0, 0.1) is 0 Å². The number of nitrogens with zero attached hydrogens (tertiary/aromatic N) is 1. The quantitative estimate of drug-likeness (QED) is 0.513. The number of thiol groups is 1. The van der Waals surface area contributed by atoms with Crippen LogP contribution in [-0.4, -0.2) is 24.0 Å². The van der Waals surface area contributed by atoms with Crippen LogP contribution in [0.1, 0.15) is 10.5 Å². The predicted octanol–water partition coefficient (Wildman–Crippen LogP) is 3.04. The lowest BCUT2D eigenvalue weighted by Crippen LogP contribution is -2.08. The molecule has 2 N–H and O–H groups in total. The Bertz CT molecular complexity index is 662.